The van der Waals surface area contributed by atoms with Crippen molar-refractivity contribution in [1.82, 2.24) is 10.2 Å². The Bertz CT molecular complexity index is 513. The number of anilines is 1. The van der Waals surface area contributed by atoms with Crippen LogP contribution in [0.1, 0.15) is 10.4 Å². The molecule has 0 atom stereocenters. The molecule has 0 bridgehead atoms. The van der Waals surface area contributed by atoms with Crippen LogP contribution in [0.15, 0.2) is 24.3 Å². The second kappa shape index (κ2) is 9.12. The highest BCUT2D eigenvalue weighted by Crippen LogP contribution is 2.09. The van der Waals surface area contributed by atoms with Gasteiger partial charge in [-0.2, -0.15) is 0 Å². The van der Waals surface area contributed by atoms with Crippen LogP contribution in [-0.4, -0.2) is 69.8 Å². The van der Waals surface area contributed by atoms with Crippen molar-refractivity contribution in [3.63, 3.8) is 0 Å². The summed E-state index contributed by atoms with van der Waals surface area (Å²) in [7, 11) is 1.59. The maximum absolute atomic E-state index is 12.0. The van der Waals surface area contributed by atoms with Gasteiger partial charge in [-0.25, -0.2) is 0 Å². The zero-order valence-electron chi connectivity index (χ0n) is 13.3. The maximum Gasteiger partial charge on any atom is 0.251 e. The first-order valence-corrected chi connectivity index (χ1v) is 7.67. The fourth-order valence-corrected chi connectivity index (χ4v) is 2.21. The van der Waals surface area contributed by atoms with Crippen molar-refractivity contribution in [2.24, 2.45) is 0 Å². The summed E-state index contributed by atoms with van der Waals surface area (Å²) in [4.78, 5) is 25.7. The smallest absolute Gasteiger partial charge is 0.251 e. The molecule has 2 N–H and O–H groups in total. The summed E-state index contributed by atoms with van der Waals surface area (Å²) < 4.78 is 10.1. The minimum atomic E-state index is -0.141. The lowest BCUT2D eigenvalue weighted by molar-refractivity contribution is -0.133. The Balaban J connectivity index is 1.78. The highest BCUT2D eigenvalue weighted by molar-refractivity contribution is 5.94. The van der Waals surface area contributed by atoms with Gasteiger partial charge in [0.25, 0.3) is 5.91 Å². The second-order valence-corrected chi connectivity index (χ2v) is 5.17. The highest BCUT2D eigenvalue weighted by Gasteiger charge is 2.16. The number of rotatable bonds is 7. The van der Waals surface area contributed by atoms with Crippen LogP contribution in [0.25, 0.3) is 0 Å². The molecule has 7 heteroatoms. The predicted molar refractivity (Wildman–Crippen MR) is 86.5 cm³/mol. The summed E-state index contributed by atoms with van der Waals surface area (Å²) in [6.45, 7) is 3.66. The fraction of sp³-hybridized carbons (Fsp3) is 0.500. The zero-order chi connectivity index (χ0) is 16.5. The lowest BCUT2D eigenvalue weighted by atomic mass is 10.2. The van der Waals surface area contributed by atoms with Gasteiger partial charge in [0, 0.05) is 38.0 Å². The van der Waals surface area contributed by atoms with Crippen molar-refractivity contribution in [3.8, 4) is 0 Å². The molecule has 1 saturated heterocycles. The Labute approximate surface area is 135 Å². The molecular formula is C16H23N3O4. The van der Waals surface area contributed by atoms with Crippen LogP contribution in [-0.2, 0) is 14.3 Å². The van der Waals surface area contributed by atoms with Crippen molar-refractivity contribution in [1.29, 1.82) is 0 Å². The summed E-state index contributed by atoms with van der Waals surface area (Å²) in [5.41, 5.74) is 1.38. The molecule has 1 aliphatic rings. The summed E-state index contributed by atoms with van der Waals surface area (Å²) >= 11 is 0. The van der Waals surface area contributed by atoms with Gasteiger partial charge in [0.1, 0.15) is 0 Å². The molecule has 23 heavy (non-hydrogen) atoms. The Morgan fingerprint density at radius 2 is 1.91 bits per heavy atom. The number of benzene rings is 1. The Kier molecular flexibility index (Phi) is 6.83. The first kappa shape index (κ1) is 17.2. The van der Waals surface area contributed by atoms with Crippen LogP contribution in [0.4, 0.5) is 5.69 Å². The second-order valence-electron chi connectivity index (χ2n) is 5.17. The lowest BCUT2D eigenvalue weighted by Gasteiger charge is -2.27. The van der Waals surface area contributed by atoms with Gasteiger partial charge in [0.2, 0.25) is 5.91 Å². The number of hydrogen-bond acceptors (Lipinski definition) is 5. The summed E-state index contributed by atoms with van der Waals surface area (Å²) in [6.07, 6.45) is 0. The molecule has 2 rings (SSSR count). The third-order valence-corrected chi connectivity index (χ3v) is 3.55. The average Bonchev–Trinajstić information content (AvgIpc) is 2.61. The molecule has 1 aromatic rings. The van der Waals surface area contributed by atoms with Crippen LogP contribution in [0.3, 0.4) is 0 Å². The van der Waals surface area contributed by atoms with Crippen molar-refractivity contribution in [2.45, 2.75) is 0 Å². The molecular weight excluding hydrogens is 298 g/mol. The van der Waals surface area contributed by atoms with Gasteiger partial charge in [0.15, 0.2) is 0 Å². The normalized spacial score (nSPS) is 14.4. The number of morpholine rings is 1. The minimum Gasteiger partial charge on any atom is -0.383 e. The molecule has 1 aromatic carbocycles. The van der Waals surface area contributed by atoms with E-state index in [0.717, 1.165) is 5.69 Å². The quantitative estimate of drug-likeness (QED) is 0.708. The first-order valence-electron chi connectivity index (χ1n) is 7.67. The number of nitrogens with zero attached hydrogens (tertiary/aromatic N) is 1. The molecule has 7 nitrogen and oxygen atoms in total. The molecule has 1 heterocycles. The average molecular weight is 321 g/mol. The van der Waals surface area contributed by atoms with E-state index in [-0.39, 0.29) is 18.4 Å². The van der Waals surface area contributed by atoms with Crippen LogP contribution in [0.2, 0.25) is 0 Å². The zero-order valence-corrected chi connectivity index (χ0v) is 13.3. The predicted octanol–water partition coefficient (Wildman–Crippen LogP) is 0.334. The molecule has 2 amide bonds. The molecule has 0 aromatic heterocycles. The van der Waals surface area contributed by atoms with Crippen LogP contribution >= 0.6 is 0 Å². The minimum absolute atomic E-state index is 0.0506. The van der Waals surface area contributed by atoms with E-state index in [1.54, 1.807) is 36.3 Å². The van der Waals surface area contributed by atoms with E-state index in [2.05, 4.69) is 10.6 Å². The van der Waals surface area contributed by atoms with E-state index in [1.807, 2.05) is 0 Å². The van der Waals surface area contributed by atoms with Crippen molar-refractivity contribution >= 4 is 17.5 Å². The maximum atomic E-state index is 12.0. The number of nitrogens with one attached hydrogen (secondary N) is 2. The molecule has 0 spiro atoms. The third kappa shape index (κ3) is 5.54. The van der Waals surface area contributed by atoms with E-state index >= 15 is 0 Å². The van der Waals surface area contributed by atoms with Crippen molar-refractivity contribution in [3.05, 3.63) is 29.8 Å². The Morgan fingerprint density at radius 1 is 1.22 bits per heavy atom. The van der Waals surface area contributed by atoms with Gasteiger partial charge >= 0.3 is 0 Å². The Hall–Kier alpha value is -2.12. The largest absolute Gasteiger partial charge is 0.383 e. The molecule has 1 fully saturated rings. The van der Waals surface area contributed by atoms with E-state index in [9.17, 15) is 9.59 Å². The molecule has 0 unspecified atom stereocenters. The molecule has 0 aliphatic carbocycles. The molecule has 0 radical (unpaired) electrons. The number of carbonyl (C=O) groups is 2. The van der Waals surface area contributed by atoms with Gasteiger partial charge in [-0.05, 0) is 24.3 Å². The van der Waals surface area contributed by atoms with Gasteiger partial charge in [0.05, 0.1) is 26.4 Å². The number of amides is 2. The number of methoxy groups -OCH3 is 1. The Morgan fingerprint density at radius 3 is 2.57 bits per heavy atom. The first-order chi connectivity index (χ1) is 11.2. The summed E-state index contributed by atoms with van der Waals surface area (Å²) in [5.74, 6) is -0.0901. The fourth-order valence-electron chi connectivity index (χ4n) is 2.21. The van der Waals surface area contributed by atoms with Crippen LogP contribution in [0.5, 0.6) is 0 Å². The molecule has 0 saturated carbocycles. The van der Waals surface area contributed by atoms with E-state index in [0.29, 0.717) is 45.0 Å². The summed E-state index contributed by atoms with van der Waals surface area (Å²) in [5, 5.41) is 5.83. The van der Waals surface area contributed by atoms with E-state index in [1.165, 1.54) is 0 Å². The molecule has 1 aliphatic heterocycles. The van der Waals surface area contributed by atoms with Gasteiger partial charge in [-0.3, -0.25) is 9.59 Å². The number of ether oxygens (including phenoxy) is 2. The summed E-state index contributed by atoms with van der Waals surface area (Å²) in [6, 6.07) is 7.03. The van der Waals surface area contributed by atoms with E-state index < -0.39 is 0 Å². The topological polar surface area (TPSA) is 79.9 Å². The lowest BCUT2D eigenvalue weighted by Crippen LogP contribution is -2.43. The van der Waals surface area contributed by atoms with Crippen LogP contribution < -0.4 is 10.6 Å². The number of carbonyl (C=O) groups excluding carboxylic acids is 2. The van der Waals surface area contributed by atoms with Gasteiger partial charge in [-0.1, -0.05) is 0 Å². The van der Waals surface area contributed by atoms with Crippen molar-refractivity contribution in [2.75, 3.05) is 58.4 Å². The van der Waals surface area contributed by atoms with Gasteiger partial charge in [-0.15, -0.1) is 0 Å². The van der Waals surface area contributed by atoms with Gasteiger partial charge < -0.3 is 25.0 Å². The standard InChI is InChI=1S/C16H23N3O4/c1-22-9-6-17-16(21)13-2-4-14(5-3-13)18-12-15(20)19-7-10-23-11-8-19/h2-5,18H,6-12H2,1H3,(H,17,21). The third-order valence-electron chi connectivity index (χ3n) is 3.55. The monoisotopic (exact) mass is 321 g/mol. The SMILES string of the molecule is COCCNC(=O)c1ccc(NCC(=O)N2CCOCC2)cc1. The van der Waals surface area contributed by atoms with Crippen molar-refractivity contribution < 1.29 is 19.1 Å². The highest BCUT2D eigenvalue weighted by atomic mass is 16.5. The number of hydrogen-bond donors (Lipinski definition) is 2. The van der Waals surface area contributed by atoms with E-state index in [4.69, 9.17) is 9.47 Å². The molecule has 126 valence electrons. The van der Waals surface area contributed by atoms with Crippen LogP contribution in [0, 0.1) is 0 Å².